The monoisotopic (exact) mass is 325 g/mol. The SMILES string of the molecule is O=C(CCCOc1ccccc1Cl)NC(CC1CC1)C(=O)O. The third-order valence-electron chi connectivity index (χ3n) is 3.54. The van der Waals surface area contributed by atoms with Crippen molar-refractivity contribution in [3.8, 4) is 5.75 Å². The Labute approximate surface area is 134 Å². The molecule has 1 atom stereocenters. The van der Waals surface area contributed by atoms with Gasteiger partial charge < -0.3 is 15.2 Å². The van der Waals surface area contributed by atoms with Crippen LogP contribution in [0.4, 0.5) is 0 Å². The molecule has 0 spiro atoms. The Bertz CT molecular complexity index is 531. The van der Waals surface area contributed by atoms with Gasteiger partial charge in [-0.3, -0.25) is 4.79 Å². The molecule has 2 N–H and O–H groups in total. The van der Waals surface area contributed by atoms with E-state index in [4.69, 9.17) is 21.4 Å². The number of carbonyl (C=O) groups is 2. The van der Waals surface area contributed by atoms with Gasteiger partial charge in [0, 0.05) is 6.42 Å². The molecule has 0 saturated heterocycles. The van der Waals surface area contributed by atoms with Crippen molar-refractivity contribution in [2.75, 3.05) is 6.61 Å². The van der Waals surface area contributed by atoms with Crippen molar-refractivity contribution in [1.82, 2.24) is 5.32 Å². The van der Waals surface area contributed by atoms with E-state index >= 15 is 0 Å². The fraction of sp³-hybridized carbons (Fsp3) is 0.500. The van der Waals surface area contributed by atoms with Gasteiger partial charge in [-0.1, -0.05) is 36.6 Å². The van der Waals surface area contributed by atoms with Crippen molar-refractivity contribution in [2.24, 2.45) is 5.92 Å². The first-order chi connectivity index (χ1) is 10.6. The molecule has 1 aromatic carbocycles. The van der Waals surface area contributed by atoms with Gasteiger partial charge in [0.15, 0.2) is 0 Å². The van der Waals surface area contributed by atoms with Gasteiger partial charge in [-0.2, -0.15) is 0 Å². The number of carboxylic acids is 1. The average molecular weight is 326 g/mol. The number of halogens is 1. The number of hydrogen-bond donors (Lipinski definition) is 2. The normalized spacial score (nSPS) is 15.1. The van der Waals surface area contributed by atoms with E-state index in [0.29, 0.717) is 36.1 Å². The van der Waals surface area contributed by atoms with E-state index < -0.39 is 12.0 Å². The van der Waals surface area contributed by atoms with E-state index in [0.717, 1.165) is 12.8 Å². The van der Waals surface area contributed by atoms with Crippen LogP contribution in [-0.4, -0.2) is 29.6 Å². The molecule has 1 unspecified atom stereocenters. The zero-order chi connectivity index (χ0) is 15.9. The molecule has 0 bridgehead atoms. The van der Waals surface area contributed by atoms with Gasteiger partial charge in [-0.15, -0.1) is 0 Å². The molecule has 1 amide bonds. The van der Waals surface area contributed by atoms with Crippen molar-refractivity contribution in [3.05, 3.63) is 29.3 Å². The molecule has 5 nitrogen and oxygen atoms in total. The first-order valence-corrected chi connectivity index (χ1v) is 7.83. The van der Waals surface area contributed by atoms with Gasteiger partial charge in [-0.05, 0) is 30.9 Å². The molecular weight excluding hydrogens is 306 g/mol. The average Bonchev–Trinajstić information content (AvgIpc) is 3.28. The van der Waals surface area contributed by atoms with Gasteiger partial charge in [0.1, 0.15) is 11.8 Å². The lowest BCUT2D eigenvalue weighted by molar-refractivity contribution is -0.142. The minimum Gasteiger partial charge on any atom is -0.492 e. The molecule has 0 aromatic heterocycles. The molecular formula is C16H20ClNO4. The summed E-state index contributed by atoms with van der Waals surface area (Å²) in [5.74, 6) is -0.185. The number of carboxylic acid groups (broad SMARTS) is 1. The predicted molar refractivity (Wildman–Crippen MR) is 83.1 cm³/mol. The first-order valence-electron chi connectivity index (χ1n) is 7.45. The Hall–Kier alpha value is -1.75. The molecule has 1 saturated carbocycles. The van der Waals surface area contributed by atoms with E-state index in [1.165, 1.54) is 0 Å². The molecule has 2 rings (SSSR count). The zero-order valence-corrected chi connectivity index (χ0v) is 13.0. The summed E-state index contributed by atoms with van der Waals surface area (Å²) in [5.41, 5.74) is 0. The highest BCUT2D eigenvalue weighted by Crippen LogP contribution is 2.33. The molecule has 6 heteroatoms. The molecule has 0 radical (unpaired) electrons. The quantitative estimate of drug-likeness (QED) is 0.684. The maximum atomic E-state index is 11.8. The number of carbonyl (C=O) groups excluding carboxylic acids is 1. The van der Waals surface area contributed by atoms with Crippen LogP contribution in [0.3, 0.4) is 0 Å². The zero-order valence-electron chi connectivity index (χ0n) is 12.3. The van der Waals surface area contributed by atoms with Crippen LogP contribution in [0.5, 0.6) is 5.75 Å². The Morgan fingerprint density at radius 3 is 2.73 bits per heavy atom. The van der Waals surface area contributed by atoms with Gasteiger partial charge in [-0.25, -0.2) is 4.79 Å². The van der Waals surface area contributed by atoms with E-state index in [2.05, 4.69) is 5.32 Å². The van der Waals surface area contributed by atoms with Gasteiger partial charge in [0.25, 0.3) is 0 Å². The summed E-state index contributed by atoms with van der Waals surface area (Å²) in [6, 6.07) is 6.36. The lowest BCUT2D eigenvalue weighted by atomic mass is 10.1. The largest absolute Gasteiger partial charge is 0.492 e. The van der Waals surface area contributed by atoms with E-state index in [1.807, 2.05) is 12.1 Å². The van der Waals surface area contributed by atoms with Gasteiger partial charge >= 0.3 is 5.97 Å². The number of aliphatic carboxylic acids is 1. The Kier molecular flexibility index (Phi) is 6.07. The molecule has 1 aliphatic carbocycles. The third-order valence-corrected chi connectivity index (χ3v) is 3.85. The van der Waals surface area contributed by atoms with Crippen LogP contribution in [0, 0.1) is 5.92 Å². The molecule has 22 heavy (non-hydrogen) atoms. The summed E-state index contributed by atoms with van der Waals surface area (Å²) in [5, 5.41) is 12.2. The predicted octanol–water partition coefficient (Wildman–Crippen LogP) is 2.87. The highest BCUT2D eigenvalue weighted by molar-refractivity contribution is 6.32. The van der Waals surface area contributed by atoms with E-state index in [9.17, 15) is 9.59 Å². The topological polar surface area (TPSA) is 75.6 Å². The number of ether oxygens (including phenoxy) is 1. The van der Waals surface area contributed by atoms with Crippen LogP contribution in [0.15, 0.2) is 24.3 Å². The third kappa shape index (κ3) is 5.56. The minimum absolute atomic E-state index is 0.235. The Morgan fingerprint density at radius 2 is 2.09 bits per heavy atom. The first kappa shape index (κ1) is 16.6. The summed E-state index contributed by atoms with van der Waals surface area (Å²) >= 11 is 5.95. The molecule has 0 heterocycles. The number of rotatable bonds is 9. The Balaban J connectivity index is 1.66. The number of amides is 1. The van der Waals surface area contributed by atoms with Crippen LogP contribution in [0.25, 0.3) is 0 Å². The second-order valence-electron chi connectivity index (χ2n) is 5.52. The standard InChI is InChI=1S/C16H20ClNO4/c17-12-4-1-2-5-14(12)22-9-3-6-15(19)18-13(16(20)21)10-11-7-8-11/h1-2,4-5,11,13H,3,6-10H2,(H,18,19)(H,20,21). The molecule has 120 valence electrons. The lowest BCUT2D eigenvalue weighted by Crippen LogP contribution is -2.41. The maximum Gasteiger partial charge on any atom is 0.326 e. The van der Waals surface area contributed by atoms with Crippen molar-refractivity contribution in [2.45, 2.75) is 38.1 Å². The van der Waals surface area contributed by atoms with Crippen LogP contribution >= 0.6 is 11.6 Å². The second kappa shape index (κ2) is 8.03. The summed E-state index contributed by atoms with van der Waals surface area (Å²) in [4.78, 5) is 22.9. The molecule has 0 aliphatic heterocycles. The number of nitrogens with one attached hydrogen (secondary N) is 1. The summed E-state index contributed by atoms with van der Waals surface area (Å²) < 4.78 is 5.49. The number of para-hydroxylation sites is 1. The van der Waals surface area contributed by atoms with Crippen molar-refractivity contribution >= 4 is 23.5 Å². The fourth-order valence-electron chi connectivity index (χ4n) is 2.15. The van der Waals surface area contributed by atoms with Crippen LogP contribution < -0.4 is 10.1 Å². The molecule has 1 fully saturated rings. The van der Waals surface area contributed by atoms with Crippen molar-refractivity contribution < 1.29 is 19.4 Å². The van der Waals surface area contributed by atoms with Crippen LogP contribution in [-0.2, 0) is 9.59 Å². The number of benzene rings is 1. The maximum absolute atomic E-state index is 11.8. The lowest BCUT2D eigenvalue weighted by Gasteiger charge is -2.14. The van der Waals surface area contributed by atoms with E-state index in [-0.39, 0.29) is 12.3 Å². The minimum atomic E-state index is -0.965. The number of hydrogen-bond acceptors (Lipinski definition) is 3. The summed E-state index contributed by atoms with van der Waals surface area (Å²) in [6.07, 6.45) is 3.39. The Morgan fingerprint density at radius 1 is 1.36 bits per heavy atom. The van der Waals surface area contributed by atoms with Crippen molar-refractivity contribution in [1.29, 1.82) is 0 Å². The molecule has 1 aromatic rings. The second-order valence-corrected chi connectivity index (χ2v) is 5.93. The van der Waals surface area contributed by atoms with Gasteiger partial charge in [0.05, 0.1) is 11.6 Å². The van der Waals surface area contributed by atoms with Gasteiger partial charge in [0.2, 0.25) is 5.91 Å². The van der Waals surface area contributed by atoms with Crippen LogP contribution in [0.1, 0.15) is 32.1 Å². The summed E-state index contributed by atoms with van der Waals surface area (Å²) in [7, 11) is 0. The highest BCUT2D eigenvalue weighted by Gasteiger charge is 2.29. The highest BCUT2D eigenvalue weighted by atomic mass is 35.5. The van der Waals surface area contributed by atoms with E-state index in [1.54, 1.807) is 12.1 Å². The smallest absolute Gasteiger partial charge is 0.326 e. The fourth-order valence-corrected chi connectivity index (χ4v) is 2.34. The molecule has 1 aliphatic rings. The summed E-state index contributed by atoms with van der Waals surface area (Å²) in [6.45, 7) is 0.359. The van der Waals surface area contributed by atoms with Crippen molar-refractivity contribution in [3.63, 3.8) is 0 Å². The van der Waals surface area contributed by atoms with Crippen LogP contribution in [0.2, 0.25) is 5.02 Å².